The van der Waals surface area contributed by atoms with Crippen LogP contribution in [-0.2, 0) is 22.6 Å². The van der Waals surface area contributed by atoms with Crippen molar-refractivity contribution in [3.8, 4) is 17.2 Å². The fraction of sp³-hybridized carbons (Fsp3) is 0.250. The molecule has 0 aliphatic carbocycles. The number of carbonyl (C=O) groups excluding carboxylic acids is 2. The number of methoxy groups -OCH3 is 1. The molecule has 0 atom stereocenters. The van der Waals surface area contributed by atoms with Gasteiger partial charge in [-0.25, -0.2) is 4.98 Å². The van der Waals surface area contributed by atoms with E-state index in [1.165, 1.54) is 18.3 Å². The van der Waals surface area contributed by atoms with Crippen molar-refractivity contribution >= 4 is 28.3 Å². The molecule has 3 rings (SSSR count). The summed E-state index contributed by atoms with van der Waals surface area (Å²) >= 11 is 1.34. The second kappa shape index (κ2) is 9.18. The molecule has 2 N–H and O–H groups in total. The van der Waals surface area contributed by atoms with E-state index in [0.717, 1.165) is 11.3 Å². The van der Waals surface area contributed by atoms with Gasteiger partial charge in [0.05, 0.1) is 13.7 Å². The standard InChI is InChI=1S/C20H21N3O4S/c1-13(24)21-11-16-7-8-18(27-16)17-12-28-20(22-17)23-19(25)9-6-14-4-3-5-15(10-14)26-2/h3-5,7-8,10,12H,6,9,11H2,1-2H3,(H,21,24)(H,22,23,25). The van der Waals surface area contributed by atoms with Gasteiger partial charge in [0.2, 0.25) is 11.8 Å². The highest BCUT2D eigenvalue weighted by atomic mass is 32.1. The maximum atomic E-state index is 12.2. The summed E-state index contributed by atoms with van der Waals surface area (Å²) in [6, 6.07) is 11.2. The van der Waals surface area contributed by atoms with Crippen molar-refractivity contribution in [1.82, 2.24) is 10.3 Å². The Labute approximate surface area is 166 Å². The number of amides is 2. The topological polar surface area (TPSA) is 93.5 Å². The summed E-state index contributed by atoms with van der Waals surface area (Å²) in [7, 11) is 1.62. The molecule has 28 heavy (non-hydrogen) atoms. The Morgan fingerprint density at radius 1 is 1.25 bits per heavy atom. The number of ether oxygens (including phenoxy) is 1. The molecular formula is C20H21N3O4S. The molecule has 0 bridgehead atoms. The smallest absolute Gasteiger partial charge is 0.226 e. The van der Waals surface area contributed by atoms with Gasteiger partial charge in [-0.05, 0) is 36.2 Å². The average Bonchev–Trinajstić information content (AvgIpc) is 3.34. The minimum absolute atomic E-state index is 0.102. The Bertz CT molecular complexity index is 964. The summed E-state index contributed by atoms with van der Waals surface area (Å²) in [5.74, 6) is 1.79. The molecule has 0 saturated heterocycles. The predicted octanol–water partition coefficient (Wildman–Crippen LogP) is 3.62. The molecule has 0 spiro atoms. The van der Waals surface area contributed by atoms with E-state index in [2.05, 4.69) is 15.6 Å². The van der Waals surface area contributed by atoms with Crippen LogP contribution in [-0.4, -0.2) is 23.9 Å². The van der Waals surface area contributed by atoms with Gasteiger partial charge in [0, 0.05) is 18.7 Å². The maximum absolute atomic E-state index is 12.2. The van der Waals surface area contributed by atoms with Crippen LogP contribution >= 0.6 is 11.3 Å². The summed E-state index contributed by atoms with van der Waals surface area (Å²) in [5.41, 5.74) is 1.68. The minimum Gasteiger partial charge on any atom is -0.497 e. The minimum atomic E-state index is -0.120. The zero-order chi connectivity index (χ0) is 19.9. The number of nitrogens with zero attached hydrogens (tertiary/aromatic N) is 1. The third-order valence-corrected chi connectivity index (χ3v) is 4.71. The number of nitrogens with one attached hydrogen (secondary N) is 2. The molecule has 3 aromatic rings. The fourth-order valence-corrected chi connectivity index (χ4v) is 3.25. The molecule has 0 unspecified atom stereocenters. The lowest BCUT2D eigenvalue weighted by Gasteiger charge is -2.04. The van der Waals surface area contributed by atoms with E-state index in [4.69, 9.17) is 9.15 Å². The van der Waals surface area contributed by atoms with E-state index in [9.17, 15) is 9.59 Å². The Kier molecular flexibility index (Phi) is 6.44. The van der Waals surface area contributed by atoms with Gasteiger partial charge in [-0.2, -0.15) is 0 Å². The van der Waals surface area contributed by atoms with Gasteiger partial charge in [-0.15, -0.1) is 11.3 Å². The zero-order valence-corrected chi connectivity index (χ0v) is 16.5. The van der Waals surface area contributed by atoms with E-state index in [1.54, 1.807) is 19.2 Å². The van der Waals surface area contributed by atoms with Gasteiger partial charge in [-0.3, -0.25) is 9.59 Å². The van der Waals surface area contributed by atoms with Crippen LogP contribution in [0, 0.1) is 0 Å². The van der Waals surface area contributed by atoms with Crippen LogP contribution in [0.5, 0.6) is 5.75 Å². The van der Waals surface area contributed by atoms with Crippen LogP contribution in [0.2, 0.25) is 0 Å². The van der Waals surface area contributed by atoms with Crippen molar-refractivity contribution in [2.24, 2.45) is 0 Å². The number of anilines is 1. The quantitative estimate of drug-likeness (QED) is 0.603. The number of rotatable bonds is 8. The molecular weight excluding hydrogens is 378 g/mol. The highest BCUT2D eigenvalue weighted by molar-refractivity contribution is 7.14. The van der Waals surface area contributed by atoms with Crippen LogP contribution in [0.4, 0.5) is 5.13 Å². The van der Waals surface area contributed by atoms with E-state index in [0.29, 0.717) is 41.7 Å². The van der Waals surface area contributed by atoms with Gasteiger partial charge in [0.25, 0.3) is 0 Å². The van der Waals surface area contributed by atoms with Crippen molar-refractivity contribution < 1.29 is 18.7 Å². The Morgan fingerprint density at radius 3 is 2.89 bits per heavy atom. The molecule has 2 heterocycles. The number of furan rings is 1. The summed E-state index contributed by atoms with van der Waals surface area (Å²) in [6.07, 6.45) is 0.968. The number of hydrogen-bond donors (Lipinski definition) is 2. The molecule has 0 radical (unpaired) electrons. The molecule has 0 aliphatic rings. The number of thiazole rings is 1. The van der Waals surface area contributed by atoms with Gasteiger partial charge in [0.15, 0.2) is 10.9 Å². The van der Waals surface area contributed by atoms with E-state index in [1.807, 2.05) is 29.6 Å². The van der Waals surface area contributed by atoms with Crippen LogP contribution in [0.1, 0.15) is 24.7 Å². The number of aromatic nitrogens is 1. The first-order valence-electron chi connectivity index (χ1n) is 8.75. The Hall–Kier alpha value is -3.13. The highest BCUT2D eigenvalue weighted by Crippen LogP contribution is 2.26. The maximum Gasteiger partial charge on any atom is 0.226 e. The molecule has 2 amide bonds. The first-order chi connectivity index (χ1) is 13.5. The van der Waals surface area contributed by atoms with E-state index < -0.39 is 0 Å². The lowest BCUT2D eigenvalue weighted by molar-refractivity contribution is -0.119. The predicted molar refractivity (Wildman–Crippen MR) is 107 cm³/mol. The molecule has 0 aliphatic heterocycles. The molecule has 0 saturated carbocycles. The van der Waals surface area contributed by atoms with Gasteiger partial charge in [-0.1, -0.05) is 12.1 Å². The summed E-state index contributed by atoms with van der Waals surface area (Å²) in [6.45, 7) is 1.78. The second-order valence-corrected chi connectivity index (χ2v) is 6.97. The van der Waals surface area contributed by atoms with Gasteiger partial charge < -0.3 is 19.8 Å². The second-order valence-electron chi connectivity index (χ2n) is 6.11. The zero-order valence-electron chi connectivity index (χ0n) is 15.7. The Morgan fingerprint density at radius 2 is 2.11 bits per heavy atom. The first-order valence-corrected chi connectivity index (χ1v) is 9.63. The highest BCUT2D eigenvalue weighted by Gasteiger charge is 2.12. The summed E-state index contributed by atoms with van der Waals surface area (Å²) < 4.78 is 10.9. The van der Waals surface area contributed by atoms with Crippen LogP contribution in [0.15, 0.2) is 46.2 Å². The Balaban J connectivity index is 1.53. The molecule has 0 fully saturated rings. The fourth-order valence-electron chi connectivity index (χ4n) is 2.53. The molecule has 8 heteroatoms. The molecule has 7 nitrogen and oxygen atoms in total. The molecule has 146 valence electrons. The van der Waals surface area contributed by atoms with E-state index in [-0.39, 0.29) is 11.8 Å². The molecule has 1 aromatic carbocycles. The van der Waals surface area contributed by atoms with Gasteiger partial charge in [0.1, 0.15) is 17.2 Å². The third kappa shape index (κ3) is 5.43. The SMILES string of the molecule is COc1cccc(CCC(=O)Nc2nc(-c3ccc(CNC(C)=O)o3)cs2)c1. The van der Waals surface area contributed by atoms with Crippen molar-refractivity contribution in [2.75, 3.05) is 12.4 Å². The van der Waals surface area contributed by atoms with Crippen LogP contribution < -0.4 is 15.4 Å². The number of carbonyl (C=O) groups is 2. The van der Waals surface area contributed by atoms with Crippen LogP contribution in [0.3, 0.4) is 0 Å². The average molecular weight is 399 g/mol. The van der Waals surface area contributed by atoms with Crippen molar-refractivity contribution in [2.45, 2.75) is 26.3 Å². The number of hydrogen-bond acceptors (Lipinski definition) is 6. The van der Waals surface area contributed by atoms with Crippen molar-refractivity contribution in [1.29, 1.82) is 0 Å². The lowest BCUT2D eigenvalue weighted by Crippen LogP contribution is -2.18. The lowest BCUT2D eigenvalue weighted by atomic mass is 10.1. The van der Waals surface area contributed by atoms with Crippen LogP contribution in [0.25, 0.3) is 11.5 Å². The molecule has 2 aromatic heterocycles. The van der Waals surface area contributed by atoms with E-state index >= 15 is 0 Å². The monoisotopic (exact) mass is 399 g/mol. The first kappa shape index (κ1) is 19.6. The van der Waals surface area contributed by atoms with Crippen molar-refractivity contribution in [3.05, 3.63) is 53.1 Å². The third-order valence-electron chi connectivity index (χ3n) is 3.95. The number of benzene rings is 1. The van der Waals surface area contributed by atoms with Crippen molar-refractivity contribution in [3.63, 3.8) is 0 Å². The number of aryl methyl sites for hydroxylation is 1. The summed E-state index contributed by atoms with van der Waals surface area (Å²) in [4.78, 5) is 27.6. The summed E-state index contributed by atoms with van der Waals surface area (Å²) in [5, 5.41) is 7.83. The normalized spacial score (nSPS) is 10.5. The largest absolute Gasteiger partial charge is 0.497 e. The van der Waals surface area contributed by atoms with Gasteiger partial charge >= 0.3 is 0 Å².